The van der Waals surface area contributed by atoms with Gasteiger partial charge in [0.15, 0.2) is 0 Å². The second kappa shape index (κ2) is 5.67. The van der Waals surface area contributed by atoms with Crippen molar-refractivity contribution in [1.82, 2.24) is 15.3 Å². The van der Waals surface area contributed by atoms with Crippen molar-refractivity contribution in [1.29, 1.82) is 0 Å². The summed E-state index contributed by atoms with van der Waals surface area (Å²) in [6.07, 6.45) is 4.10. The van der Waals surface area contributed by atoms with Crippen LogP contribution in [-0.4, -0.2) is 22.4 Å². The fraction of sp³-hybridized carbons (Fsp3) is 0.286. The number of hydrogen-bond donors (Lipinski definition) is 3. The van der Waals surface area contributed by atoms with E-state index < -0.39 is 5.54 Å². The molecule has 0 bridgehead atoms. The standard InChI is InChI=1S/C14H18N4O/c1-14(15,11-5-3-2-4-6-11)13(19)18-8-7-12-16-9-10-17-12/h2-6,9-10H,7-8,15H2,1H3,(H,16,17)(H,18,19). The first-order valence-corrected chi connectivity index (χ1v) is 6.21. The monoisotopic (exact) mass is 258 g/mol. The van der Waals surface area contributed by atoms with Crippen molar-refractivity contribution in [3.05, 3.63) is 54.1 Å². The highest BCUT2D eigenvalue weighted by molar-refractivity contribution is 5.86. The lowest BCUT2D eigenvalue weighted by molar-refractivity contribution is -0.126. The van der Waals surface area contributed by atoms with Crippen LogP contribution in [0.25, 0.3) is 0 Å². The lowest BCUT2D eigenvalue weighted by Crippen LogP contribution is -2.49. The molecule has 2 aromatic rings. The van der Waals surface area contributed by atoms with Crippen LogP contribution in [-0.2, 0) is 16.8 Å². The zero-order valence-electron chi connectivity index (χ0n) is 10.9. The summed E-state index contributed by atoms with van der Waals surface area (Å²) in [5.41, 5.74) is 5.88. The van der Waals surface area contributed by atoms with Gasteiger partial charge in [-0.25, -0.2) is 4.98 Å². The van der Waals surface area contributed by atoms with Crippen LogP contribution < -0.4 is 11.1 Å². The maximum absolute atomic E-state index is 12.1. The number of benzene rings is 1. The Morgan fingerprint density at radius 3 is 2.79 bits per heavy atom. The smallest absolute Gasteiger partial charge is 0.244 e. The van der Waals surface area contributed by atoms with Crippen LogP contribution in [0.1, 0.15) is 18.3 Å². The normalized spacial score (nSPS) is 13.8. The van der Waals surface area contributed by atoms with E-state index in [1.807, 2.05) is 30.3 Å². The van der Waals surface area contributed by atoms with Crippen molar-refractivity contribution >= 4 is 5.91 Å². The molecule has 0 aliphatic rings. The number of hydrogen-bond acceptors (Lipinski definition) is 3. The van der Waals surface area contributed by atoms with E-state index in [1.165, 1.54) is 0 Å². The molecule has 1 amide bonds. The van der Waals surface area contributed by atoms with Gasteiger partial charge in [0.2, 0.25) is 5.91 Å². The van der Waals surface area contributed by atoms with Crippen molar-refractivity contribution < 1.29 is 4.79 Å². The molecule has 0 aliphatic heterocycles. The number of imidazole rings is 1. The molecule has 0 saturated heterocycles. The summed E-state index contributed by atoms with van der Waals surface area (Å²) in [6, 6.07) is 9.35. The zero-order valence-corrected chi connectivity index (χ0v) is 10.9. The Morgan fingerprint density at radius 1 is 1.42 bits per heavy atom. The van der Waals surface area contributed by atoms with Gasteiger partial charge >= 0.3 is 0 Å². The maximum Gasteiger partial charge on any atom is 0.244 e. The van der Waals surface area contributed by atoms with Crippen LogP contribution in [0.5, 0.6) is 0 Å². The Morgan fingerprint density at radius 2 is 2.16 bits per heavy atom. The number of amides is 1. The third kappa shape index (κ3) is 3.20. The quantitative estimate of drug-likeness (QED) is 0.746. The Kier molecular flexibility index (Phi) is 3.97. The highest BCUT2D eigenvalue weighted by Crippen LogP contribution is 2.17. The zero-order chi connectivity index (χ0) is 13.7. The van der Waals surface area contributed by atoms with E-state index in [9.17, 15) is 4.79 Å². The number of aromatic amines is 1. The number of nitrogens with two attached hydrogens (primary N) is 1. The molecule has 5 heteroatoms. The van der Waals surface area contributed by atoms with Gasteiger partial charge < -0.3 is 16.0 Å². The molecular formula is C14H18N4O. The van der Waals surface area contributed by atoms with Gasteiger partial charge in [-0.15, -0.1) is 0 Å². The van der Waals surface area contributed by atoms with E-state index in [0.717, 1.165) is 11.4 Å². The minimum Gasteiger partial charge on any atom is -0.354 e. The summed E-state index contributed by atoms with van der Waals surface area (Å²) in [4.78, 5) is 19.2. The molecule has 1 heterocycles. The summed E-state index contributed by atoms with van der Waals surface area (Å²) in [7, 11) is 0. The van der Waals surface area contributed by atoms with Gasteiger partial charge in [0.1, 0.15) is 11.4 Å². The maximum atomic E-state index is 12.1. The van der Waals surface area contributed by atoms with Gasteiger partial charge in [-0.3, -0.25) is 4.79 Å². The Labute approximate surface area is 112 Å². The molecular weight excluding hydrogens is 240 g/mol. The summed E-state index contributed by atoms with van der Waals surface area (Å²) in [6.45, 7) is 2.22. The number of carbonyl (C=O) groups excluding carboxylic acids is 1. The van der Waals surface area contributed by atoms with Crippen molar-refractivity contribution in [3.8, 4) is 0 Å². The highest BCUT2D eigenvalue weighted by atomic mass is 16.2. The molecule has 0 saturated carbocycles. The minimum absolute atomic E-state index is 0.190. The predicted molar refractivity (Wildman–Crippen MR) is 73.3 cm³/mol. The van der Waals surface area contributed by atoms with Gasteiger partial charge in [-0.05, 0) is 12.5 Å². The fourth-order valence-electron chi connectivity index (χ4n) is 1.83. The summed E-state index contributed by atoms with van der Waals surface area (Å²) >= 11 is 0. The number of H-pyrrole nitrogens is 1. The average Bonchev–Trinajstić information content (AvgIpc) is 2.93. The summed E-state index contributed by atoms with van der Waals surface area (Å²) in [5.74, 6) is 0.656. The number of aromatic nitrogens is 2. The summed E-state index contributed by atoms with van der Waals surface area (Å²) in [5, 5.41) is 2.84. The van der Waals surface area contributed by atoms with E-state index in [4.69, 9.17) is 5.73 Å². The summed E-state index contributed by atoms with van der Waals surface area (Å²) < 4.78 is 0. The molecule has 5 nitrogen and oxygen atoms in total. The van der Waals surface area contributed by atoms with Crippen molar-refractivity contribution in [2.75, 3.05) is 6.54 Å². The molecule has 0 aliphatic carbocycles. The number of nitrogens with one attached hydrogen (secondary N) is 2. The molecule has 1 atom stereocenters. The molecule has 2 rings (SSSR count). The lowest BCUT2D eigenvalue weighted by Gasteiger charge is -2.24. The van der Waals surface area contributed by atoms with Crippen molar-refractivity contribution in [3.63, 3.8) is 0 Å². The SMILES string of the molecule is CC(N)(C(=O)NCCc1ncc[nH]1)c1ccccc1. The molecule has 0 spiro atoms. The van der Waals surface area contributed by atoms with Crippen molar-refractivity contribution in [2.24, 2.45) is 5.73 Å². The van der Waals surface area contributed by atoms with Gasteiger partial charge in [-0.1, -0.05) is 30.3 Å². The van der Waals surface area contributed by atoms with Crippen LogP contribution in [0.2, 0.25) is 0 Å². The van der Waals surface area contributed by atoms with E-state index in [-0.39, 0.29) is 5.91 Å². The van der Waals surface area contributed by atoms with E-state index in [0.29, 0.717) is 13.0 Å². The van der Waals surface area contributed by atoms with Crippen LogP contribution in [0.3, 0.4) is 0 Å². The number of nitrogens with zero attached hydrogens (tertiary/aromatic N) is 1. The molecule has 0 radical (unpaired) electrons. The van der Waals surface area contributed by atoms with Crippen LogP contribution >= 0.6 is 0 Å². The largest absolute Gasteiger partial charge is 0.354 e. The minimum atomic E-state index is -1.02. The Bertz CT molecular complexity index is 520. The third-order valence-electron chi connectivity index (χ3n) is 3.05. The van der Waals surface area contributed by atoms with Gasteiger partial charge in [0.25, 0.3) is 0 Å². The first-order valence-electron chi connectivity index (χ1n) is 6.21. The van der Waals surface area contributed by atoms with E-state index in [2.05, 4.69) is 15.3 Å². The van der Waals surface area contributed by atoms with Gasteiger partial charge in [-0.2, -0.15) is 0 Å². The van der Waals surface area contributed by atoms with Gasteiger partial charge in [0.05, 0.1) is 0 Å². The van der Waals surface area contributed by atoms with Crippen LogP contribution in [0.4, 0.5) is 0 Å². The highest BCUT2D eigenvalue weighted by Gasteiger charge is 2.29. The number of rotatable bonds is 5. The predicted octanol–water partition coefficient (Wildman–Crippen LogP) is 0.943. The number of carbonyl (C=O) groups is 1. The van der Waals surface area contributed by atoms with E-state index >= 15 is 0 Å². The molecule has 1 aromatic carbocycles. The molecule has 0 fully saturated rings. The topological polar surface area (TPSA) is 83.8 Å². The molecule has 1 aromatic heterocycles. The Hall–Kier alpha value is -2.14. The van der Waals surface area contributed by atoms with Crippen LogP contribution in [0.15, 0.2) is 42.7 Å². The molecule has 1 unspecified atom stereocenters. The fourth-order valence-corrected chi connectivity index (χ4v) is 1.83. The van der Waals surface area contributed by atoms with Crippen molar-refractivity contribution in [2.45, 2.75) is 18.9 Å². The molecule has 19 heavy (non-hydrogen) atoms. The first kappa shape index (κ1) is 13.3. The van der Waals surface area contributed by atoms with Gasteiger partial charge in [0, 0.05) is 25.4 Å². The second-order valence-electron chi connectivity index (χ2n) is 4.61. The van der Waals surface area contributed by atoms with E-state index in [1.54, 1.807) is 19.3 Å². The molecule has 100 valence electrons. The lowest BCUT2D eigenvalue weighted by atomic mass is 9.92. The Balaban J connectivity index is 1.92. The average molecular weight is 258 g/mol. The third-order valence-corrected chi connectivity index (χ3v) is 3.05. The molecule has 4 N–H and O–H groups in total. The van der Waals surface area contributed by atoms with Crippen LogP contribution in [0, 0.1) is 0 Å². The first-order chi connectivity index (χ1) is 9.10. The second-order valence-corrected chi connectivity index (χ2v) is 4.61.